The Kier molecular flexibility index (Phi) is 1.89. The molecule has 2 aromatic rings. The maximum absolute atomic E-state index is 9.72. The highest BCUT2D eigenvalue weighted by molar-refractivity contribution is 5.78. The summed E-state index contributed by atoms with van der Waals surface area (Å²) in [5.41, 5.74) is 1.81. The van der Waals surface area contributed by atoms with E-state index in [4.69, 9.17) is 0 Å². The number of hydrogen-bond acceptors (Lipinski definition) is 2. The van der Waals surface area contributed by atoms with Gasteiger partial charge in [-0.25, -0.2) is 0 Å². The van der Waals surface area contributed by atoms with Crippen molar-refractivity contribution >= 4 is 10.9 Å². The van der Waals surface area contributed by atoms with Crippen molar-refractivity contribution in [1.82, 2.24) is 9.78 Å². The molecule has 1 saturated carbocycles. The number of aryl methyl sites for hydroxylation is 1. The zero-order chi connectivity index (χ0) is 11.3. The van der Waals surface area contributed by atoms with Gasteiger partial charge in [0, 0.05) is 11.6 Å². The number of benzene rings is 1. The second kappa shape index (κ2) is 3.08. The third-order valence-electron chi connectivity index (χ3n) is 3.40. The fourth-order valence-corrected chi connectivity index (χ4v) is 2.49. The van der Waals surface area contributed by atoms with Gasteiger partial charge in [0.1, 0.15) is 0 Å². The highest BCUT2D eigenvalue weighted by Crippen LogP contribution is 2.40. The summed E-state index contributed by atoms with van der Waals surface area (Å²) in [5, 5.41) is 15.5. The number of aromatic nitrogens is 2. The lowest BCUT2D eigenvalue weighted by Crippen LogP contribution is -2.42. The molecule has 0 bridgehead atoms. The maximum Gasteiger partial charge on any atom is 0.0923 e. The Morgan fingerprint density at radius 2 is 2.19 bits per heavy atom. The summed E-state index contributed by atoms with van der Waals surface area (Å²) in [5.74, 6) is 0. The number of rotatable bonds is 1. The third-order valence-corrected chi connectivity index (χ3v) is 3.40. The number of nitrogens with zero attached hydrogens (tertiary/aromatic N) is 2. The van der Waals surface area contributed by atoms with Gasteiger partial charge < -0.3 is 5.11 Å². The molecule has 1 N–H and O–H groups in total. The van der Waals surface area contributed by atoms with Crippen molar-refractivity contribution in [3.05, 3.63) is 30.0 Å². The monoisotopic (exact) mass is 216 g/mol. The molecule has 1 aromatic carbocycles. The summed E-state index contributed by atoms with van der Waals surface area (Å²) < 4.78 is 2.00. The van der Waals surface area contributed by atoms with Crippen molar-refractivity contribution in [1.29, 1.82) is 0 Å². The Bertz CT molecular complexity index is 534. The summed E-state index contributed by atoms with van der Waals surface area (Å²) in [6.45, 7) is 3.97. The van der Waals surface area contributed by atoms with Crippen molar-refractivity contribution in [3.63, 3.8) is 0 Å². The number of fused-ring (bicyclic) bond motifs is 1. The molecule has 0 radical (unpaired) electrons. The highest BCUT2D eigenvalue weighted by atomic mass is 16.3. The highest BCUT2D eigenvalue weighted by Gasteiger charge is 2.39. The molecule has 1 fully saturated rings. The third kappa shape index (κ3) is 1.52. The molecule has 0 saturated heterocycles. The van der Waals surface area contributed by atoms with E-state index in [1.807, 2.05) is 11.6 Å². The topological polar surface area (TPSA) is 38.0 Å². The van der Waals surface area contributed by atoms with Crippen LogP contribution in [0.2, 0.25) is 0 Å². The second-order valence-corrected chi connectivity index (χ2v) is 5.23. The molecule has 0 atom stereocenters. The fourth-order valence-electron chi connectivity index (χ4n) is 2.49. The Labute approximate surface area is 94.7 Å². The first-order chi connectivity index (χ1) is 7.53. The van der Waals surface area contributed by atoms with E-state index in [2.05, 4.69) is 36.4 Å². The van der Waals surface area contributed by atoms with Crippen molar-refractivity contribution in [3.8, 4) is 0 Å². The molecule has 84 valence electrons. The summed E-state index contributed by atoms with van der Waals surface area (Å²) >= 11 is 0. The average Bonchev–Trinajstić information content (AvgIpc) is 2.56. The van der Waals surface area contributed by atoms with E-state index in [1.54, 1.807) is 0 Å². The van der Waals surface area contributed by atoms with E-state index in [-0.39, 0.29) is 0 Å². The molecule has 0 spiro atoms. The van der Waals surface area contributed by atoms with Gasteiger partial charge >= 0.3 is 0 Å². The van der Waals surface area contributed by atoms with Gasteiger partial charge in [0.15, 0.2) is 0 Å². The molecule has 16 heavy (non-hydrogen) atoms. The zero-order valence-corrected chi connectivity index (χ0v) is 9.64. The SMILES string of the molecule is Cc1ccc2nn(C3CC(C)(O)C3)cc2c1. The summed E-state index contributed by atoms with van der Waals surface area (Å²) in [7, 11) is 0. The normalized spacial score (nSPS) is 29.3. The van der Waals surface area contributed by atoms with Crippen LogP contribution in [-0.2, 0) is 0 Å². The van der Waals surface area contributed by atoms with Crippen LogP contribution in [0.1, 0.15) is 31.4 Å². The Balaban J connectivity index is 1.95. The number of hydrogen-bond donors (Lipinski definition) is 1. The van der Waals surface area contributed by atoms with E-state index in [9.17, 15) is 5.11 Å². The molecular weight excluding hydrogens is 200 g/mol. The van der Waals surface area contributed by atoms with Crippen LogP contribution in [0.25, 0.3) is 10.9 Å². The van der Waals surface area contributed by atoms with Crippen LogP contribution in [0.5, 0.6) is 0 Å². The van der Waals surface area contributed by atoms with Gasteiger partial charge in [0.2, 0.25) is 0 Å². The molecule has 1 aliphatic rings. The minimum absolute atomic E-state index is 0.364. The van der Waals surface area contributed by atoms with Gasteiger partial charge in [-0.15, -0.1) is 0 Å². The van der Waals surface area contributed by atoms with Gasteiger partial charge in [0.25, 0.3) is 0 Å². The molecule has 1 aliphatic carbocycles. The van der Waals surface area contributed by atoms with E-state index >= 15 is 0 Å². The van der Waals surface area contributed by atoms with Crippen molar-refractivity contribution in [2.45, 2.75) is 38.3 Å². The smallest absolute Gasteiger partial charge is 0.0923 e. The molecule has 0 aliphatic heterocycles. The average molecular weight is 216 g/mol. The predicted octanol–water partition coefficient (Wildman–Crippen LogP) is 2.43. The molecule has 1 aromatic heterocycles. The molecular formula is C13H16N2O. The van der Waals surface area contributed by atoms with Gasteiger partial charge in [-0.3, -0.25) is 4.68 Å². The van der Waals surface area contributed by atoms with Crippen molar-refractivity contribution in [2.75, 3.05) is 0 Å². The van der Waals surface area contributed by atoms with E-state index in [1.165, 1.54) is 10.9 Å². The van der Waals surface area contributed by atoms with Gasteiger partial charge in [-0.05, 0) is 38.8 Å². The van der Waals surface area contributed by atoms with Crippen LogP contribution >= 0.6 is 0 Å². The van der Waals surface area contributed by atoms with Crippen molar-refractivity contribution in [2.24, 2.45) is 0 Å². The van der Waals surface area contributed by atoms with Crippen LogP contribution in [0.3, 0.4) is 0 Å². The van der Waals surface area contributed by atoms with E-state index in [0.29, 0.717) is 6.04 Å². The number of aliphatic hydroxyl groups is 1. The summed E-state index contributed by atoms with van der Waals surface area (Å²) in [6.07, 6.45) is 3.70. The molecule has 3 nitrogen and oxygen atoms in total. The largest absolute Gasteiger partial charge is 0.390 e. The second-order valence-electron chi connectivity index (χ2n) is 5.23. The Morgan fingerprint density at radius 1 is 1.44 bits per heavy atom. The zero-order valence-electron chi connectivity index (χ0n) is 9.64. The first-order valence-corrected chi connectivity index (χ1v) is 5.71. The molecule has 3 heteroatoms. The summed E-state index contributed by atoms with van der Waals surface area (Å²) in [4.78, 5) is 0. The van der Waals surface area contributed by atoms with Crippen LogP contribution in [0.4, 0.5) is 0 Å². The standard InChI is InChI=1S/C13H16N2O/c1-9-3-4-12-10(5-9)8-15(14-12)11-6-13(2,16)7-11/h3-5,8,11,16H,6-7H2,1-2H3. The Morgan fingerprint density at radius 3 is 2.88 bits per heavy atom. The van der Waals surface area contributed by atoms with Gasteiger partial charge in [-0.2, -0.15) is 5.10 Å². The minimum atomic E-state index is -0.487. The summed E-state index contributed by atoms with van der Waals surface area (Å²) in [6, 6.07) is 6.65. The molecule has 1 heterocycles. The lowest BCUT2D eigenvalue weighted by molar-refractivity contribution is -0.0541. The van der Waals surface area contributed by atoms with Gasteiger partial charge in [0.05, 0.1) is 17.2 Å². The quantitative estimate of drug-likeness (QED) is 0.795. The lowest BCUT2D eigenvalue weighted by atomic mass is 9.77. The maximum atomic E-state index is 9.72. The minimum Gasteiger partial charge on any atom is -0.390 e. The van der Waals surface area contributed by atoms with Crippen LogP contribution in [0, 0.1) is 6.92 Å². The lowest BCUT2D eigenvalue weighted by Gasteiger charge is -2.40. The molecule has 0 amide bonds. The van der Waals surface area contributed by atoms with E-state index < -0.39 is 5.60 Å². The van der Waals surface area contributed by atoms with Gasteiger partial charge in [-0.1, -0.05) is 11.6 Å². The Hall–Kier alpha value is -1.35. The first-order valence-electron chi connectivity index (χ1n) is 5.71. The molecule has 3 rings (SSSR count). The van der Waals surface area contributed by atoms with Crippen molar-refractivity contribution < 1.29 is 5.11 Å². The van der Waals surface area contributed by atoms with E-state index in [0.717, 1.165) is 18.4 Å². The van der Waals surface area contributed by atoms with Crippen LogP contribution < -0.4 is 0 Å². The van der Waals surface area contributed by atoms with Crippen LogP contribution in [0.15, 0.2) is 24.4 Å². The van der Waals surface area contributed by atoms with Crippen LogP contribution in [-0.4, -0.2) is 20.5 Å². The molecule has 0 unspecified atom stereocenters. The fraction of sp³-hybridized carbons (Fsp3) is 0.462. The predicted molar refractivity (Wildman–Crippen MR) is 63.4 cm³/mol. The first kappa shape index (κ1) is 9.85.